The van der Waals surface area contributed by atoms with Crippen molar-refractivity contribution in [1.82, 2.24) is 29.9 Å². The highest BCUT2D eigenvalue weighted by Crippen LogP contribution is 2.30. The highest BCUT2D eigenvalue weighted by molar-refractivity contribution is 6.07. The smallest absolute Gasteiger partial charge is 0.164 e. The molecular weight excluding hydrogens is 621 g/mol. The Hall–Kier alpha value is -5.69. The zero-order valence-electron chi connectivity index (χ0n) is 30.0. The average Bonchev–Trinajstić information content (AvgIpc) is 3.12. The van der Waals surface area contributed by atoms with Crippen molar-refractivity contribution in [2.24, 2.45) is 27.6 Å². The van der Waals surface area contributed by atoms with E-state index in [1.807, 2.05) is 74.5 Å². The van der Waals surface area contributed by atoms with Crippen LogP contribution in [0, 0.1) is 23.2 Å². The molecule has 254 valence electrons. The zero-order chi connectivity index (χ0) is 35.9. The van der Waals surface area contributed by atoms with E-state index in [4.69, 9.17) is 45.6 Å². The lowest BCUT2D eigenvalue weighted by Gasteiger charge is -2.15. The van der Waals surface area contributed by atoms with Crippen LogP contribution in [0.1, 0.15) is 90.0 Å². The summed E-state index contributed by atoms with van der Waals surface area (Å²) in [5.74, 6) is 4.96. The number of aliphatic imine (C=N–C) groups is 2. The van der Waals surface area contributed by atoms with Crippen LogP contribution < -0.4 is 5.73 Å². The van der Waals surface area contributed by atoms with Crippen LogP contribution >= 0.6 is 0 Å². The van der Waals surface area contributed by atoms with Crippen LogP contribution in [0.5, 0.6) is 0 Å². The minimum atomic E-state index is 0.0274. The highest BCUT2D eigenvalue weighted by Gasteiger charge is 2.19. The minimum Gasteiger partial charge on any atom is -0.387 e. The van der Waals surface area contributed by atoms with E-state index in [9.17, 15) is 5.26 Å². The summed E-state index contributed by atoms with van der Waals surface area (Å²) in [5, 5.41) is 9.39. The first-order chi connectivity index (χ1) is 23.9. The number of amidine groups is 2. The summed E-state index contributed by atoms with van der Waals surface area (Å²) < 4.78 is 0. The summed E-state index contributed by atoms with van der Waals surface area (Å²) in [6, 6.07) is 25.2. The third-order valence-corrected chi connectivity index (χ3v) is 7.78. The number of benzene rings is 3. The summed E-state index contributed by atoms with van der Waals surface area (Å²) in [7, 11) is 0. The molecule has 50 heavy (non-hydrogen) atoms. The summed E-state index contributed by atoms with van der Waals surface area (Å²) in [5.41, 5.74) is 10.8. The molecule has 0 aliphatic carbocycles. The number of hydrogen-bond acceptors (Lipinski definition) is 8. The van der Waals surface area contributed by atoms with Gasteiger partial charge in [0.1, 0.15) is 17.5 Å². The molecule has 0 spiro atoms. The maximum Gasteiger partial charge on any atom is 0.164 e. The van der Waals surface area contributed by atoms with Gasteiger partial charge in [0, 0.05) is 52.1 Å². The molecule has 0 unspecified atom stereocenters. The van der Waals surface area contributed by atoms with Crippen LogP contribution in [0.25, 0.3) is 45.6 Å². The lowest BCUT2D eigenvalue weighted by molar-refractivity contribution is 0.665. The molecule has 0 aliphatic heterocycles. The van der Waals surface area contributed by atoms with Gasteiger partial charge >= 0.3 is 0 Å². The molecule has 2 heterocycles. The molecule has 0 radical (unpaired) electrons. The Bertz CT molecular complexity index is 2030. The van der Waals surface area contributed by atoms with Crippen molar-refractivity contribution < 1.29 is 0 Å². The number of nitrogens with zero attached hydrogens (tertiary/aromatic N) is 9. The van der Waals surface area contributed by atoms with Crippen molar-refractivity contribution in [2.45, 2.75) is 67.2 Å². The van der Waals surface area contributed by atoms with Crippen LogP contribution in [0.4, 0.5) is 0 Å². The summed E-state index contributed by atoms with van der Waals surface area (Å²) in [6.45, 7) is 17.1. The molecule has 2 N–H and O–H groups in total. The maximum atomic E-state index is 9.39. The first kappa shape index (κ1) is 35.6. The first-order valence-corrected chi connectivity index (χ1v) is 17.0. The fourth-order valence-corrected chi connectivity index (χ4v) is 4.83. The summed E-state index contributed by atoms with van der Waals surface area (Å²) in [4.78, 5) is 39.2. The van der Waals surface area contributed by atoms with Gasteiger partial charge in [0.15, 0.2) is 29.1 Å². The summed E-state index contributed by atoms with van der Waals surface area (Å²) in [6.07, 6.45) is 0. The van der Waals surface area contributed by atoms with Gasteiger partial charge in [-0.3, -0.25) is 4.99 Å². The van der Waals surface area contributed by atoms with Gasteiger partial charge in [-0.15, -0.1) is 0 Å². The monoisotopic (exact) mass is 664 g/mol. The second kappa shape index (κ2) is 15.7. The van der Waals surface area contributed by atoms with E-state index in [2.05, 4.69) is 47.6 Å². The van der Waals surface area contributed by atoms with Crippen molar-refractivity contribution in [1.29, 1.82) is 5.26 Å². The third-order valence-electron chi connectivity index (χ3n) is 7.78. The second-order valence-electron chi connectivity index (χ2n) is 13.6. The number of aromatic nitrogens is 6. The highest BCUT2D eigenvalue weighted by atomic mass is 15.1. The predicted octanol–water partition coefficient (Wildman–Crippen LogP) is 8.26. The standard InChI is InChI=1S/C40H44N10/c1-23(2)22-43-36(44-33(42)24(3)4)30-18-31(39-46-34(25(5)6)45-35(47-39)26(7)8)20-32(19-30)40-49-37(28-12-10-9-11-13-28)48-38(50-40)29-16-14-27(21-41)15-17-29/h9-20,23-26H,22H2,1-8H3,(H2,42,43,44). The van der Waals surface area contributed by atoms with E-state index < -0.39 is 0 Å². The van der Waals surface area contributed by atoms with Gasteiger partial charge in [-0.1, -0.05) is 85.7 Å². The third kappa shape index (κ3) is 8.66. The van der Waals surface area contributed by atoms with Crippen molar-refractivity contribution in [3.8, 4) is 51.6 Å². The molecule has 0 amide bonds. The molecule has 10 nitrogen and oxygen atoms in total. The first-order valence-electron chi connectivity index (χ1n) is 17.0. The quantitative estimate of drug-likeness (QED) is 0.116. The Labute approximate surface area is 294 Å². The van der Waals surface area contributed by atoms with Crippen LogP contribution in [-0.4, -0.2) is 48.1 Å². The number of rotatable bonds is 10. The Morgan fingerprint density at radius 3 is 1.62 bits per heavy atom. The van der Waals surface area contributed by atoms with Crippen molar-refractivity contribution in [3.63, 3.8) is 0 Å². The zero-order valence-corrected chi connectivity index (χ0v) is 30.0. The van der Waals surface area contributed by atoms with E-state index in [0.717, 1.165) is 33.9 Å². The fourth-order valence-electron chi connectivity index (χ4n) is 4.83. The lowest BCUT2D eigenvalue weighted by atomic mass is 10.0. The maximum absolute atomic E-state index is 9.39. The largest absolute Gasteiger partial charge is 0.387 e. The van der Waals surface area contributed by atoms with Gasteiger partial charge in [-0.25, -0.2) is 34.9 Å². The van der Waals surface area contributed by atoms with Crippen molar-refractivity contribution >= 4 is 11.7 Å². The second-order valence-corrected chi connectivity index (χ2v) is 13.6. The molecule has 10 heteroatoms. The van der Waals surface area contributed by atoms with Crippen LogP contribution in [0.2, 0.25) is 0 Å². The Kier molecular flexibility index (Phi) is 11.2. The summed E-state index contributed by atoms with van der Waals surface area (Å²) >= 11 is 0. The SMILES string of the molecule is CC(C)CN=C(N=C(N)C(C)C)c1cc(-c2nc(-c3ccccc3)nc(-c3ccc(C#N)cc3)n2)cc(-c2nc(C(C)C)nc(C(C)C)n2)c1. The van der Waals surface area contributed by atoms with Crippen LogP contribution in [0.3, 0.4) is 0 Å². The molecule has 3 aromatic carbocycles. The molecule has 0 saturated carbocycles. The molecule has 0 bridgehead atoms. The number of nitriles is 1. The van der Waals surface area contributed by atoms with E-state index in [1.165, 1.54) is 0 Å². The van der Waals surface area contributed by atoms with E-state index in [1.54, 1.807) is 12.1 Å². The molecule has 2 aromatic heterocycles. The van der Waals surface area contributed by atoms with Gasteiger partial charge in [-0.2, -0.15) is 5.26 Å². The van der Waals surface area contributed by atoms with Gasteiger partial charge in [0.05, 0.1) is 11.6 Å². The Morgan fingerprint density at radius 1 is 0.640 bits per heavy atom. The van der Waals surface area contributed by atoms with Gasteiger partial charge < -0.3 is 5.73 Å². The molecule has 0 aliphatic rings. The van der Waals surface area contributed by atoms with Gasteiger partial charge in [0.2, 0.25) is 0 Å². The van der Waals surface area contributed by atoms with Crippen molar-refractivity contribution in [2.75, 3.05) is 6.54 Å². The van der Waals surface area contributed by atoms with Crippen LogP contribution in [-0.2, 0) is 0 Å². The molecule has 5 aromatic rings. The molecular formula is C40H44N10. The van der Waals surface area contributed by atoms with Gasteiger partial charge in [0.25, 0.3) is 0 Å². The van der Waals surface area contributed by atoms with E-state index in [-0.39, 0.29) is 17.8 Å². The molecule has 0 atom stereocenters. The van der Waals surface area contributed by atoms with Crippen molar-refractivity contribution in [3.05, 3.63) is 95.6 Å². The molecule has 0 fully saturated rings. The Morgan fingerprint density at radius 2 is 1.14 bits per heavy atom. The fraction of sp³-hybridized carbons (Fsp3) is 0.325. The number of hydrogen-bond donors (Lipinski definition) is 1. The van der Waals surface area contributed by atoms with Gasteiger partial charge in [-0.05, 0) is 48.4 Å². The van der Waals surface area contributed by atoms with E-state index >= 15 is 0 Å². The topological polar surface area (TPSA) is 152 Å². The normalized spacial score (nSPS) is 12.3. The lowest BCUT2D eigenvalue weighted by Crippen LogP contribution is -2.21. The molecule has 0 saturated heterocycles. The Balaban J connectivity index is 1.82. The van der Waals surface area contributed by atoms with E-state index in [0.29, 0.717) is 58.6 Å². The van der Waals surface area contributed by atoms with Crippen LogP contribution in [0.15, 0.2) is 82.8 Å². The molecule has 5 rings (SSSR count). The predicted molar refractivity (Wildman–Crippen MR) is 201 cm³/mol. The number of nitrogens with two attached hydrogens (primary N) is 1. The minimum absolute atomic E-state index is 0.0274. The average molecular weight is 665 g/mol.